The lowest BCUT2D eigenvalue weighted by molar-refractivity contribution is -0.139. The average Bonchev–Trinajstić information content (AvgIpc) is 3.04. The van der Waals surface area contributed by atoms with E-state index in [4.69, 9.17) is 5.11 Å². The molecular weight excluding hydrogens is 316 g/mol. The van der Waals surface area contributed by atoms with E-state index in [1.807, 2.05) is 11.0 Å². The Morgan fingerprint density at radius 2 is 1.88 bits per heavy atom. The summed E-state index contributed by atoms with van der Waals surface area (Å²) in [5.41, 5.74) is 1.41. The van der Waals surface area contributed by atoms with E-state index in [1.165, 1.54) is 5.56 Å². The third-order valence-electron chi connectivity index (χ3n) is 5.78. The van der Waals surface area contributed by atoms with Gasteiger partial charge in [-0.2, -0.15) is 0 Å². The summed E-state index contributed by atoms with van der Waals surface area (Å²) in [7, 11) is 0. The second-order valence-corrected chi connectivity index (χ2v) is 7.55. The maximum atomic E-state index is 12.4. The normalized spacial score (nSPS) is 22.2. The molecule has 1 atom stereocenters. The maximum Gasteiger partial charge on any atom is 0.320 e. The van der Waals surface area contributed by atoms with Gasteiger partial charge in [0.15, 0.2) is 0 Å². The summed E-state index contributed by atoms with van der Waals surface area (Å²) < 4.78 is 0. The highest BCUT2D eigenvalue weighted by Crippen LogP contribution is 2.39. The summed E-state index contributed by atoms with van der Waals surface area (Å²) in [6.45, 7) is 2.31. The number of carbonyl (C=O) groups excluding carboxylic acids is 1. The predicted octanol–water partition coefficient (Wildman–Crippen LogP) is 2.45. The number of benzene rings is 1. The van der Waals surface area contributed by atoms with Crippen molar-refractivity contribution in [1.82, 2.24) is 10.2 Å². The minimum absolute atomic E-state index is 0.0765. The Balaban J connectivity index is 1.36. The number of aliphatic carboxylic acids is 1. The average molecular weight is 344 g/mol. The van der Waals surface area contributed by atoms with Crippen LogP contribution in [-0.2, 0) is 16.0 Å². The number of nitrogens with one attached hydrogen (secondary N) is 1. The van der Waals surface area contributed by atoms with Crippen molar-refractivity contribution in [2.24, 2.45) is 5.41 Å². The van der Waals surface area contributed by atoms with E-state index in [-0.39, 0.29) is 11.3 Å². The lowest BCUT2D eigenvalue weighted by Crippen LogP contribution is -2.44. The van der Waals surface area contributed by atoms with Crippen molar-refractivity contribution in [3.05, 3.63) is 35.9 Å². The first-order chi connectivity index (χ1) is 12.1. The molecule has 2 saturated heterocycles. The number of hydrogen-bond donors (Lipinski definition) is 2. The molecule has 25 heavy (non-hydrogen) atoms. The zero-order valence-corrected chi connectivity index (χ0v) is 14.7. The van der Waals surface area contributed by atoms with Gasteiger partial charge in [-0.05, 0) is 49.5 Å². The van der Waals surface area contributed by atoms with Gasteiger partial charge in [-0.3, -0.25) is 9.59 Å². The monoisotopic (exact) mass is 344 g/mol. The number of nitrogens with zero attached hydrogens (tertiary/aromatic N) is 1. The Hall–Kier alpha value is -1.88. The quantitative estimate of drug-likeness (QED) is 0.778. The molecule has 2 aliphatic rings. The van der Waals surface area contributed by atoms with E-state index in [9.17, 15) is 9.59 Å². The number of carbonyl (C=O) groups is 2. The second-order valence-electron chi connectivity index (χ2n) is 7.55. The standard InChI is InChI=1S/C20H28N2O3/c23-18(9-5-4-8-16-6-2-1-3-7-16)22-12-10-20(11-13-22)14-17(19(24)25)21-15-20/h1-3,6-7,17,21H,4-5,8-15H2,(H,24,25)/t17-/m0/s1. The highest BCUT2D eigenvalue weighted by molar-refractivity contribution is 5.76. The fraction of sp³-hybridized carbons (Fsp3) is 0.600. The minimum Gasteiger partial charge on any atom is -0.480 e. The molecule has 1 aromatic carbocycles. The number of amides is 1. The summed E-state index contributed by atoms with van der Waals surface area (Å²) in [6, 6.07) is 9.97. The molecule has 0 aromatic heterocycles. The number of aryl methyl sites for hydroxylation is 1. The molecule has 136 valence electrons. The lowest BCUT2D eigenvalue weighted by Gasteiger charge is -2.39. The molecule has 0 saturated carbocycles. The van der Waals surface area contributed by atoms with E-state index in [1.54, 1.807) is 0 Å². The van der Waals surface area contributed by atoms with Crippen LogP contribution in [0.3, 0.4) is 0 Å². The molecule has 0 unspecified atom stereocenters. The smallest absolute Gasteiger partial charge is 0.320 e. The first kappa shape index (κ1) is 17.9. The Morgan fingerprint density at radius 3 is 2.52 bits per heavy atom. The topological polar surface area (TPSA) is 69.6 Å². The molecule has 2 fully saturated rings. The van der Waals surface area contributed by atoms with Gasteiger partial charge in [-0.15, -0.1) is 0 Å². The van der Waals surface area contributed by atoms with E-state index < -0.39 is 12.0 Å². The second kappa shape index (κ2) is 8.00. The number of carboxylic acids is 1. The largest absolute Gasteiger partial charge is 0.480 e. The zero-order valence-electron chi connectivity index (χ0n) is 14.7. The van der Waals surface area contributed by atoms with Gasteiger partial charge in [-0.25, -0.2) is 0 Å². The molecule has 1 amide bonds. The molecule has 0 aliphatic carbocycles. The third-order valence-corrected chi connectivity index (χ3v) is 5.78. The van der Waals surface area contributed by atoms with Gasteiger partial charge in [-0.1, -0.05) is 30.3 Å². The van der Waals surface area contributed by atoms with Gasteiger partial charge in [0, 0.05) is 26.1 Å². The molecule has 2 aliphatic heterocycles. The van der Waals surface area contributed by atoms with Crippen molar-refractivity contribution in [3.63, 3.8) is 0 Å². The van der Waals surface area contributed by atoms with Crippen LogP contribution < -0.4 is 5.32 Å². The summed E-state index contributed by atoms with van der Waals surface area (Å²) in [6.07, 6.45) is 6.14. The highest BCUT2D eigenvalue weighted by Gasteiger charge is 2.43. The van der Waals surface area contributed by atoms with Crippen LogP contribution in [0.25, 0.3) is 0 Å². The Labute approximate surface area is 149 Å². The summed E-state index contributed by atoms with van der Waals surface area (Å²) >= 11 is 0. The zero-order chi connectivity index (χ0) is 17.7. The van der Waals surface area contributed by atoms with Crippen LogP contribution in [0.1, 0.15) is 44.1 Å². The molecule has 5 nitrogen and oxygen atoms in total. The first-order valence-electron chi connectivity index (χ1n) is 9.36. The van der Waals surface area contributed by atoms with Crippen LogP contribution in [-0.4, -0.2) is 47.6 Å². The van der Waals surface area contributed by atoms with E-state index in [0.29, 0.717) is 12.8 Å². The van der Waals surface area contributed by atoms with Gasteiger partial charge in [0.05, 0.1) is 0 Å². The summed E-state index contributed by atoms with van der Waals surface area (Å²) in [4.78, 5) is 25.5. The van der Waals surface area contributed by atoms with Crippen LogP contribution >= 0.6 is 0 Å². The Kier molecular flexibility index (Phi) is 5.74. The highest BCUT2D eigenvalue weighted by atomic mass is 16.4. The molecule has 2 N–H and O–H groups in total. The van der Waals surface area contributed by atoms with Crippen LogP contribution in [0.2, 0.25) is 0 Å². The van der Waals surface area contributed by atoms with Crippen molar-refractivity contribution in [3.8, 4) is 0 Å². The van der Waals surface area contributed by atoms with Crippen LogP contribution in [0, 0.1) is 5.41 Å². The maximum absolute atomic E-state index is 12.4. The minimum atomic E-state index is -0.756. The van der Waals surface area contributed by atoms with Crippen LogP contribution in [0.5, 0.6) is 0 Å². The van der Waals surface area contributed by atoms with Crippen molar-refractivity contribution in [1.29, 1.82) is 0 Å². The first-order valence-corrected chi connectivity index (χ1v) is 9.36. The van der Waals surface area contributed by atoms with Crippen molar-refractivity contribution < 1.29 is 14.7 Å². The van der Waals surface area contributed by atoms with Gasteiger partial charge < -0.3 is 15.3 Å². The number of rotatable bonds is 6. The number of hydrogen-bond acceptors (Lipinski definition) is 3. The van der Waals surface area contributed by atoms with Crippen LogP contribution in [0.4, 0.5) is 0 Å². The van der Waals surface area contributed by atoms with Crippen LogP contribution in [0.15, 0.2) is 30.3 Å². The molecule has 2 heterocycles. The molecular formula is C20H28N2O3. The van der Waals surface area contributed by atoms with Gasteiger partial charge >= 0.3 is 5.97 Å². The fourth-order valence-electron chi connectivity index (χ4n) is 4.11. The van der Waals surface area contributed by atoms with Crippen molar-refractivity contribution in [2.45, 2.75) is 51.0 Å². The van der Waals surface area contributed by atoms with E-state index >= 15 is 0 Å². The Bertz CT molecular complexity index is 594. The molecule has 3 rings (SSSR count). The molecule has 0 bridgehead atoms. The van der Waals surface area contributed by atoms with Crippen molar-refractivity contribution >= 4 is 11.9 Å². The van der Waals surface area contributed by atoms with Gasteiger partial charge in [0.1, 0.15) is 6.04 Å². The van der Waals surface area contributed by atoms with E-state index in [2.05, 4.69) is 29.6 Å². The molecule has 1 spiro atoms. The van der Waals surface area contributed by atoms with Crippen molar-refractivity contribution in [2.75, 3.05) is 19.6 Å². The fourth-order valence-corrected chi connectivity index (χ4v) is 4.11. The number of carboxylic acid groups (broad SMARTS) is 1. The number of unbranched alkanes of at least 4 members (excludes halogenated alkanes) is 1. The van der Waals surface area contributed by atoms with Gasteiger partial charge in [0.2, 0.25) is 5.91 Å². The van der Waals surface area contributed by atoms with Gasteiger partial charge in [0.25, 0.3) is 0 Å². The lowest BCUT2D eigenvalue weighted by atomic mass is 9.76. The number of piperidine rings is 1. The predicted molar refractivity (Wildman–Crippen MR) is 96.3 cm³/mol. The molecule has 5 heteroatoms. The Morgan fingerprint density at radius 1 is 1.16 bits per heavy atom. The molecule has 0 radical (unpaired) electrons. The number of likely N-dealkylation sites (tertiary alicyclic amines) is 1. The summed E-state index contributed by atoms with van der Waals surface area (Å²) in [5.74, 6) is -0.502. The summed E-state index contributed by atoms with van der Waals surface area (Å²) in [5, 5.41) is 12.3. The molecule has 1 aromatic rings. The third kappa shape index (κ3) is 4.60. The SMILES string of the molecule is O=C(O)[C@@H]1CC2(CCN(C(=O)CCCCc3ccccc3)CC2)CN1. The van der Waals surface area contributed by atoms with E-state index in [0.717, 1.165) is 51.7 Å².